The summed E-state index contributed by atoms with van der Waals surface area (Å²) in [5.74, 6) is -1.65. The molecule has 2 fully saturated rings. The summed E-state index contributed by atoms with van der Waals surface area (Å²) in [6.07, 6.45) is -5.85. The van der Waals surface area contributed by atoms with E-state index >= 15 is 4.39 Å². The molecule has 4 amide bonds. The molecule has 4 rings (SSSR count). The number of morpholine rings is 1. The Labute approximate surface area is 278 Å². The predicted octanol–water partition coefficient (Wildman–Crippen LogP) is 5.96. The molecular weight excluding hydrogens is 671 g/mol. The van der Waals surface area contributed by atoms with Crippen LogP contribution in [0.5, 0.6) is 0 Å². The molecule has 0 spiro atoms. The number of ether oxygens (including phenoxy) is 4. The molecule has 3 N–H and O–H groups in total. The Bertz CT molecular complexity index is 1420. The van der Waals surface area contributed by atoms with Gasteiger partial charge in [0, 0.05) is 31.0 Å². The minimum absolute atomic E-state index is 0.0745. The minimum atomic E-state index is -4.56. The van der Waals surface area contributed by atoms with E-state index in [0.29, 0.717) is 38.0 Å². The number of imide groups is 1. The molecule has 48 heavy (non-hydrogen) atoms. The van der Waals surface area contributed by atoms with E-state index in [0.717, 1.165) is 18.1 Å². The van der Waals surface area contributed by atoms with Crippen LogP contribution in [-0.4, -0.2) is 88.1 Å². The zero-order chi connectivity index (χ0) is 34.8. The maximum absolute atomic E-state index is 15.1. The largest absolute Gasteiger partial charge is 0.452 e. The number of urea groups is 1. The Morgan fingerprint density at radius 2 is 1.88 bits per heavy atom. The van der Waals surface area contributed by atoms with Gasteiger partial charge in [0.1, 0.15) is 24.8 Å². The first-order valence-electron chi connectivity index (χ1n) is 15.2. The van der Waals surface area contributed by atoms with E-state index in [1.807, 2.05) is 0 Å². The minimum Gasteiger partial charge on any atom is -0.452 e. The van der Waals surface area contributed by atoms with Crippen molar-refractivity contribution in [1.82, 2.24) is 15.5 Å². The van der Waals surface area contributed by atoms with Crippen LogP contribution in [0.3, 0.4) is 0 Å². The van der Waals surface area contributed by atoms with E-state index in [9.17, 15) is 31.9 Å². The van der Waals surface area contributed by atoms with Crippen molar-refractivity contribution >= 4 is 35.5 Å². The predicted molar refractivity (Wildman–Crippen MR) is 163 cm³/mol. The maximum atomic E-state index is 15.1. The highest BCUT2D eigenvalue weighted by Crippen LogP contribution is 2.37. The highest BCUT2D eigenvalue weighted by molar-refractivity contribution is 6.30. The first-order chi connectivity index (χ1) is 22.9. The molecule has 17 heteroatoms. The van der Waals surface area contributed by atoms with Crippen LogP contribution in [0.25, 0.3) is 0 Å². The zero-order valence-corrected chi connectivity index (χ0v) is 26.7. The number of nitrogens with zero attached hydrogens (tertiary/aromatic N) is 1. The topological polar surface area (TPSA) is 127 Å². The van der Waals surface area contributed by atoms with Crippen molar-refractivity contribution in [2.45, 2.75) is 50.0 Å². The van der Waals surface area contributed by atoms with E-state index in [1.54, 1.807) is 5.32 Å². The quantitative estimate of drug-likeness (QED) is 0.258. The summed E-state index contributed by atoms with van der Waals surface area (Å²) < 4.78 is 87.5. The van der Waals surface area contributed by atoms with Crippen molar-refractivity contribution in [3.8, 4) is 0 Å². The first kappa shape index (κ1) is 37.1. The number of nitrogens with one attached hydrogen (secondary N) is 3. The van der Waals surface area contributed by atoms with E-state index in [2.05, 4.69) is 10.6 Å². The number of hydrogen-bond donors (Lipinski definition) is 3. The fraction of sp³-hybridized carbons (Fsp3) is 0.516. The van der Waals surface area contributed by atoms with Crippen LogP contribution in [0.15, 0.2) is 36.4 Å². The summed E-state index contributed by atoms with van der Waals surface area (Å²) in [5, 5.41) is 7.20. The molecule has 2 saturated heterocycles. The Morgan fingerprint density at radius 3 is 2.52 bits per heavy atom. The van der Waals surface area contributed by atoms with Gasteiger partial charge in [0.25, 0.3) is 0 Å². The molecule has 0 bridgehead atoms. The molecule has 2 aromatic rings. The molecule has 0 saturated carbocycles. The smallest absolute Gasteiger partial charge is 0.418 e. The normalized spacial score (nSPS) is 19.2. The molecule has 2 aliphatic heterocycles. The van der Waals surface area contributed by atoms with Crippen LogP contribution in [-0.2, 0) is 25.4 Å². The second-order valence-corrected chi connectivity index (χ2v) is 11.7. The van der Waals surface area contributed by atoms with Crippen LogP contribution in [0.1, 0.15) is 36.4 Å². The SMILES string of the molecule is COC(=O)N(C(=O)Nc1cccc(F)c1CC[C@@H]1CN[C@H](COC(=O)NCC(F)(F)F)CO1)C(c1ccc(Cl)c(F)c1)C1CCOCC1. The summed E-state index contributed by atoms with van der Waals surface area (Å²) in [4.78, 5) is 39.3. The Hall–Kier alpha value is -3.73. The van der Waals surface area contributed by atoms with Gasteiger partial charge in [-0.1, -0.05) is 23.7 Å². The van der Waals surface area contributed by atoms with Crippen LogP contribution < -0.4 is 16.0 Å². The highest BCUT2D eigenvalue weighted by atomic mass is 35.5. The second kappa shape index (κ2) is 17.1. The molecule has 11 nitrogen and oxygen atoms in total. The third kappa shape index (κ3) is 10.4. The van der Waals surface area contributed by atoms with Gasteiger partial charge in [-0.2, -0.15) is 13.2 Å². The highest BCUT2D eigenvalue weighted by Gasteiger charge is 2.39. The number of anilines is 1. The third-order valence-corrected chi connectivity index (χ3v) is 8.27. The molecule has 3 atom stereocenters. The molecule has 2 aliphatic rings. The second-order valence-electron chi connectivity index (χ2n) is 11.3. The fourth-order valence-electron chi connectivity index (χ4n) is 5.55. The number of carbonyl (C=O) groups excluding carboxylic acids is 3. The molecule has 0 aliphatic carbocycles. The van der Waals surface area contributed by atoms with Gasteiger partial charge in [0.05, 0.1) is 36.9 Å². The molecule has 2 heterocycles. The van der Waals surface area contributed by atoms with Gasteiger partial charge in [-0.25, -0.2) is 28.1 Å². The number of halogens is 6. The van der Waals surface area contributed by atoms with Gasteiger partial charge < -0.3 is 34.9 Å². The van der Waals surface area contributed by atoms with Crippen molar-refractivity contribution in [3.05, 3.63) is 64.2 Å². The number of alkyl halides is 3. The number of alkyl carbamates (subject to hydrolysis) is 1. The number of benzene rings is 2. The van der Waals surface area contributed by atoms with Crippen LogP contribution in [0.4, 0.5) is 42.0 Å². The summed E-state index contributed by atoms with van der Waals surface area (Å²) in [5.41, 5.74) is 0.560. The lowest BCUT2D eigenvalue weighted by Crippen LogP contribution is -2.49. The average Bonchev–Trinajstić information content (AvgIpc) is 3.06. The number of rotatable bonds is 10. The molecular formula is C31H36ClF5N4O7. The Morgan fingerprint density at radius 1 is 1.12 bits per heavy atom. The van der Waals surface area contributed by atoms with Gasteiger partial charge in [0.2, 0.25) is 0 Å². The summed E-state index contributed by atoms with van der Waals surface area (Å²) in [6, 6.07) is 5.78. The monoisotopic (exact) mass is 706 g/mol. The van der Waals surface area contributed by atoms with Crippen LogP contribution >= 0.6 is 11.6 Å². The number of methoxy groups -OCH3 is 1. The number of amides is 4. The van der Waals surface area contributed by atoms with Crippen LogP contribution in [0.2, 0.25) is 5.02 Å². The number of carbonyl (C=O) groups is 3. The maximum Gasteiger partial charge on any atom is 0.418 e. The summed E-state index contributed by atoms with van der Waals surface area (Å²) >= 11 is 5.90. The summed E-state index contributed by atoms with van der Waals surface area (Å²) in [7, 11) is 1.11. The first-order valence-corrected chi connectivity index (χ1v) is 15.5. The Kier molecular flexibility index (Phi) is 13.2. The molecule has 2 aromatic carbocycles. The molecule has 0 radical (unpaired) electrons. The lowest BCUT2D eigenvalue weighted by molar-refractivity contribution is -0.123. The van der Waals surface area contributed by atoms with Crippen molar-refractivity contribution < 1.29 is 55.3 Å². The lowest BCUT2D eigenvalue weighted by Gasteiger charge is -2.37. The zero-order valence-electron chi connectivity index (χ0n) is 25.9. The van der Waals surface area contributed by atoms with Crippen LogP contribution in [0, 0.1) is 17.6 Å². The molecule has 1 unspecified atom stereocenters. The lowest BCUT2D eigenvalue weighted by atomic mass is 9.86. The van der Waals surface area contributed by atoms with Gasteiger partial charge in [-0.15, -0.1) is 0 Å². The van der Waals surface area contributed by atoms with E-state index in [1.165, 1.54) is 30.3 Å². The van der Waals surface area contributed by atoms with Crippen molar-refractivity contribution in [1.29, 1.82) is 0 Å². The van der Waals surface area contributed by atoms with E-state index < -0.39 is 60.8 Å². The van der Waals surface area contributed by atoms with Gasteiger partial charge >= 0.3 is 24.4 Å². The standard InChI is InChI=1S/C31H36ClF5N4O7/c1-45-30(44)41(27(18-9-11-46-12-10-18)19-5-8-23(32)25(34)13-19)28(42)40-26-4-2-3-24(33)22(26)7-6-21-14-38-20(15-47-21)16-48-29(43)39-17-31(35,36)37/h2-5,8,13,18,20-21,27,38H,6-7,9-12,14-17H2,1H3,(H,39,43)(H,40,42)/t20-,21+,27?/m0/s1. The van der Waals surface area contributed by atoms with Crippen molar-refractivity contribution in [3.63, 3.8) is 0 Å². The van der Waals surface area contributed by atoms with Crippen molar-refractivity contribution in [2.75, 3.05) is 51.9 Å². The Balaban J connectivity index is 1.42. The van der Waals surface area contributed by atoms with Gasteiger partial charge in [-0.05, 0) is 61.4 Å². The fourth-order valence-corrected chi connectivity index (χ4v) is 5.67. The average molecular weight is 707 g/mol. The van der Waals surface area contributed by atoms with Gasteiger partial charge in [-0.3, -0.25) is 0 Å². The van der Waals surface area contributed by atoms with Crippen molar-refractivity contribution in [2.24, 2.45) is 5.92 Å². The third-order valence-electron chi connectivity index (χ3n) is 7.96. The summed E-state index contributed by atoms with van der Waals surface area (Å²) in [6.45, 7) is -0.662. The van der Waals surface area contributed by atoms with Gasteiger partial charge in [0.15, 0.2) is 0 Å². The molecule has 264 valence electrons. The van der Waals surface area contributed by atoms with E-state index in [-0.39, 0.29) is 48.4 Å². The van der Waals surface area contributed by atoms with E-state index in [4.69, 9.17) is 30.5 Å². The molecule has 0 aromatic heterocycles. The number of hydrogen-bond acceptors (Lipinski definition) is 8.